The van der Waals surface area contributed by atoms with E-state index in [1.807, 2.05) is 30.3 Å². The minimum atomic E-state index is -0.101. The Hall–Kier alpha value is -2.51. The molecule has 0 radical (unpaired) electrons. The van der Waals surface area contributed by atoms with Crippen LogP contribution in [0.25, 0.3) is 11.3 Å². The van der Waals surface area contributed by atoms with Crippen molar-refractivity contribution < 1.29 is 13.8 Å². The number of anilines is 1. The quantitative estimate of drug-likeness (QED) is 0.710. The Morgan fingerprint density at radius 2 is 1.91 bits per heavy atom. The Bertz CT molecular complexity index is 929. The summed E-state index contributed by atoms with van der Waals surface area (Å²) in [7, 11) is 1.64. The molecular formula is C25H39N5O2. The molecule has 0 spiro atoms. The van der Waals surface area contributed by atoms with Crippen molar-refractivity contribution in [3.05, 3.63) is 42.0 Å². The molecule has 1 aromatic heterocycles. The van der Waals surface area contributed by atoms with Gasteiger partial charge in [-0.15, -0.1) is 10.2 Å². The predicted octanol–water partition coefficient (Wildman–Crippen LogP) is 3.79. The number of rotatable bonds is 6. The summed E-state index contributed by atoms with van der Waals surface area (Å²) in [6.07, 6.45) is 4.88. The van der Waals surface area contributed by atoms with Crippen molar-refractivity contribution in [2.24, 2.45) is 17.8 Å². The maximum absolute atomic E-state index is 11.9. The van der Waals surface area contributed by atoms with E-state index in [1.54, 1.807) is 13.1 Å². The highest BCUT2D eigenvalue weighted by atomic mass is 16.5. The second-order valence-corrected chi connectivity index (χ2v) is 9.57. The third-order valence-corrected chi connectivity index (χ3v) is 7.35. The van der Waals surface area contributed by atoms with Crippen molar-refractivity contribution in [3.8, 4) is 11.3 Å². The van der Waals surface area contributed by atoms with Gasteiger partial charge in [-0.25, -0.2) is 0 Å². The van der Waals surface area contributed by atoms with E-state index in [9.17, 15) is 4.79 Å². The van der Waals surface area contributed by atoms with Crippen molar-refractivity contribution >= 4 is 11.7 Å². The van der Waals surface area contributed by atoms with Crippen molar-refractivity contribution in [1.29, 1.82) is 0 Å². The minimum absolute atomic E-state index is 0. The first-order chi connectivity index (χ1) is 15.7. The number of fused-ring (bicyclic) bond motifs is 1. The summed E-state index contributed by atoms with van der Waals surface area (Å²) >= 11 is 0. The third-order valence-electron chi connectivity index (χ3n) is 7.35. The summed E-state index contributed by atoms with van der Waals surface area (Å²) < 4.78 is 5.51. The van der Waals surface area contributed by atoms with Crippen LogP contribution in [0.2, 0.25) is 0 Å². The van der Waals surface area contributed by atoms with E-state index in [2.05, 4.69) is 25.7 Å². The van der Waals surface area contributed by atoms with E-state index >= 15 is 0 Å². The number of hydrogen-bond donors (Lipinski definition) is 2. The molecule has 1 aromatic carbocycles. The number of aromatic nitrogens is 2. The SMILES string of the molecule is CNC(=O)c1cccc(-c2ccc(NC3CC4CN(CC5CCOCC5)C[C@H]4C3)nn2)c1.[HH].[HH].[HH]. The summed E-state index contributed by atoms with van der Waals surface area (Å²) in [5, 5.41) is 15.1. The Kier molecular flexibility index (Phi) is 6.37. The van der Waals surface area contributed by atoms with Crippen LogP contribution >= 0.6 is 0 Å². The van der Waals surface area contributed by atoms with Crippen LogP contribution in [0.1, 0.15) is 40.3 Å². The van der Waals surface area contributed by atoms with Crippen molar-refractivity contribution in [2.45, 2.75) is 31.7 Å². The normalized spacial score (nSPS) is 26.1. The second-order valence-electron chi connectivity index (χ2n) is 9.57. The highest BCUT2D eigenvalue weighted by molar-refractivity contribution is 5.95. The summed E-state index contributed by atoms with van der Waals surface area (Å²) in [6.45, 7) is 5.62. The van der Waals surface area contributed by atoms with Gasteiger partial charge >= 0.3 is 0 Å². The molecule has 3 fully saturated rings. The van der Waals surface area contributed by atoms with Crippen LogP contribution in [0, 0.1) is 17.8 Å². The van der Waals surface area contributed by atoms with E-state index in [0.29, 0.717) is 11.6 Å². The van der Waals surface area contributed by atoms with Gasteiger partial charge in [0.1, 0.15) is 5.82 Å². The van der Waals surface area contributed by atoms with Gasteiger partial charge in [0, 0.05) is 61.3 Å². The molecule has 32 heavy (non-hydrogen) atoms. The van der Waals surface area contributed by atoms with Gasteiger partial charge in [-0.1, -0.05) is 12.1 Å². The summed E-state index contributed by atoms with van der Waals surface area (Å²) in [6, 6.07) is 11.9. The topological polar surface area (TPSA) is 79.4 Å². The Labute approximate surface area is 194 Å². The molecule has 1 aliphatic carbocycles. The fourth-order valence-corrected chi connectivity index (χ4v) is 5.69. The van der Waals surface area contributed by atoms with Crippen molar-refractivity contribution in [3.63, 3.8) is 0 Å². The molecule has 7 nitrogen and oxygen atoms in total. The van der Waals surface area contributed by atoms with Crippen LogP contribution < -0.4 is 10.6 Å². The zero-order valence-corrected chi connectivity index (χ0v) is 18.8. The molecule has 0 bridgehead atoms. The number of ether oxygens (including phenoxy) is 1. The molecular weight excluding hydrogens is 402 g/mol. The molecule has 2 aliphatic heterocycles. The van der Waals surface area contributed by atoms with Crippen LogP contribution in [0.4, 0.5) is 5.82 Å². The first-order valence-corrected chi connectivity index (χ1v) is 11.9. The Morgan fingerprint density at radius 3 is 2.59 bits per heavy atom. The van der Waals surface area contributed by atoms with Gasteiger partial charge in [0.15, 0.2) is 0 Å². The molecule has 2 aromatic rings. The van der Waals surface area contributed by atoms with Crippen LogP contribution in [-0.4, -0.2) is 66.9 Å². The molecule has 7 heteroatoms. The molecule has 1 amide bonds. The monoisotopic (exact) mass is 441 g/mol. The smallest absolute Gasteiger partial charge is 0.251 e. The number of nitrogens with zero attached hydrogens (tertiary/aromatic N) is 3. The minimum Gasteiger partial charge on any atom is -0.381 e. The van der Waals surface area contributed by atoms with Crippen molar-refractivity contribution in [2.75, 3.05) is 45.2 Å². The summed E-state index contributed by atoms with van der Waals surface area (Å²) in [4.78, 5) is 14.6. The van der Waals surface area contributed by atoms with Gasteiger partial charge < -0.3 is 20.3 Å². The predicted molar refractivity (Wildman–Crippen MR) is 131 cm³/mol. The molecule has 1 saturated carbocycles. The lowest BCUT2D eigenvalue weighted by Gasteiger charge is -2.27. The van der Waals surface area contributed by atoms with Gasteiger partial charge in [-0.2, -0.15) is 0 Å². The number of amides is 1. The number of hydrogen-bond acceptors (Lipinski definition) is 6. The molecule has 3 atom stereocenters. The van der Waals surface area contributed by atoms with Gasteiger partial charge in [0.25, 0.3) is 5.91 Å². The number of likely N-dealkylation sites (tertiary alicyclic amines) is 1. The molecule has 176 valence electrons. The molecule has 2 unspecified atom stereocenters. The zero-order valence-electron chi connectivity index (χ0n) is 18.8. The lowest BCUT2D eigenvalue weighted by atomic mass is 10.00. The van der Waals surface area contributed by atoms with E-state index < -0.39 is 0 Å². The summed E-state index contributed by atoms with van der Waals surface area (Å²) in [5.74, 6) is 3.15. The van der Waals surface area contributed by atoms with E-state index in [1.165, 1.54) is 45.3 Å². The lowest BCUT2D eigenvalue weighted by molar-refractivity contribution is 0.0545. The Balaban J connectivity index is 0.00000144. The second kappa shape index (κ2) is 9.55. The standard InChI is InChI=1S/C25H33N5O2.3H2/c1-26-25(31)19-4-2-3-18(11-19)23-5-6-24(29-28-23)27-22-12-20-15-30(16-21(20)13-22)14-17-7-9-32-10-8-17;;;/h2-6,11,17,20-22H,7-10,12-16H2,1H3,(H,26,31)(H,27,29);3*1H/t20-,21?,22?;;;/m1.../s1. The number of benzene rings is 1. The first-order valence-electron chi connectivity index (χ1n) is 11.9. The van der Waals surface area contributed by atoms with E-state index in [4.69, 9.17) is 4.74 Å². The summed E-state index contributed by atoms with van der Waals surface area (Å²) in [5.41, 5.74) is 2.29. The van der Waals surface area contributed by atoms with Gasteiger partial charge in [-0.05, 0) is 67.7 Å². The van der Waals surface area contributed by atoms with Crippen LogP contribution in [0.3, 0.4) is 0 Å². The van der Waals surface area contributed by atoms with Crippen LogP contribution in [0.15, 0.2) is 36.4 Å². The number of carbonyl (C=O) groups excluding carboxylic acids is 1. The van der Waals surface area contributed by atoms with Gasteiger partial charge in [-0.3, -0.25) is 4.79 Å². The fraction of sp³-hybridized carbons (Fsp3) is 0.560. The first kappa shape index (κ1) is 21.3. The largest absolute Gasteiger partial charge is 0.381 e. The average Bonchev–Trinajstić information content (AvgIpc) is 3.37. The lowest BCUT2D eigenvalue weighted by Crippen LogP contribution is -2.32. The molecule has 3 aliphatic rings. The maximum Gasteiger partial charge on any atom is 0.251 e. The van der Waals surface area contributed by atoms with Gasteiger partial charge in [0.2, 0.25) is 0 Å². The number of carbonyl (C=O) groups is 1. The molecule has 2 N–H and O–H groups in total. The average molecular weight is 442 g/mol. The zero-order chi connectivity index (χ0) is 21.9. The van der Waals surface area contributed by atoms with Crippen LogP contribution in [0.5, 0.6) is 0 Å². The van der Waals surface area contributed by atoms with E-state index in [0.717, 1.165) is 48.0 Å². The highest BCUT2D eigenvalue weighted by Gasteiger charge is 2.41. The fourth-order valence-electron chi connectivity index (χ4n) is 5.69. The molecule has 3 heterocycles. The van der Waals surface area contributed by atoms with E-state index in [-0.39, 0.29) is 10.2 Å². The van der Waals surface area contributed by atoms with Crippen LogP contribution in [-0.2, 0) is 4.74 Å². The number of nitrogens with one attached hydrogen (secondary N) is 2. The molecule has 5 rings (SSSR count). The van der Waals surface area contributed by atoms with Gasteiger partial charge in [0.05, 0.1) is 5.69 Å². The Morgan fingerprint density at radius 1 is 1.12 bits per heavy atom. The van der Waals surface area contributed by atoms with Crippen molar-refractivity contribution in [1.82, 2.24) is 20.4 Å². The maximum atomic E-state index is 11.9. The molecule has 2 saturated heterocycles. The third kappa shape index (κ3) is 4.79. The highest BCUT2D eigenvalue weighted by Crippen LogP contribution is 2.39.